The Morgan fingerprint density at radius 2 is 2.27 bits per heavy atom. The number of nitrogens with one attached hydrogen (secondary N) is 1. The van der Waals surface area contributed by atoms with E-state index in [0.29, 0.717) is 23.0 Å². The number of hydrogen-bond acceptors (Lipinski definition) is 4. The number of amides is 1. The molecule has 0 radical (unpaired) electrons. The second-order valence-electron chi connectivity index (χ2n) is 4.59. The molecule has 0 aliphatic carbocycles. The topological polar surface area (TPSA) is 73.0 Å². The molecule has 3 aromatic rings. The van der Waals surface area contributed by atoms with Gasteiger partial charge in [0.05, 0.1) is 11.2 Å². The molecule has 6 nitrogen and oxygen atoms in total. The molecule has 3 rings (SSSR count). The minimum absolute atomic E-state index is 0.202. The van der Waals surface area contributed by atoms with E-state index in [4.69, 9.17) is 16.1 Å². The number of aryl methyl sites for hydroxylation is 1. The molecule has 0 saturated carbocycles. The van der Waals surface area contributed by atoms with Gasteiger partial charge in [-0.2, -0.15) is 5.10 Å². The number of carbonyl (C=O) groups excluding carboxylic acids is 1. The fourth-order valence-corrected chi connectivity index (χ4v) is 2.25. The van der Waals surface area contributed by atoms with Crippen molar-refractivity contribution in [3.8, 4) is 11.3 Å². The van der Waals surface area contributed by atoms with Crippen LogP contribution in [0.5, 0.6) is 0 Å². The van der Waals surface area contributed by atoms with E-state index < -0.39 is 0 Å². The van der Waals surface area contributed by atoms with Gasteiger partial charge in [-0.15, -0.1) is 0 Å². The molecule has 2 heterocycles. The summed E-state index contributed by atoms with van der Waals surface area (Å²) < 4.78 is 6.71. The lowest BCUT2D eigenvalue weighted by Gasteiger charge is -2.05. The van der Waals surface area contributed by atoms with Gasteiger partial charge in [0.15, 0.2) is 11.5 Å². The highest BCUT2D eigenvalue weighted by Gasteiger charge is 2.15. The van der Waals surface area contributed by atoms with Crippen LogP contribution in [0, 0.1) is 0 Å². The highest BCUT2D eigenvalue weighted by atomic mass is 35.5. The first-order valence-corrected chi connectivity index (χ1v) is 7.10. The molecule has 0 spiro atoms. The lowest BCUT2D eigenvalue weighted by Crippen LogP contribution is -2.13. The Morgan fingerprint density at radius 1 is 1.41 bits per heavy atom. The van der Waals surface area contributed by atoms with E-state index in [0.717, 1.165) is 5.56 Å². The summed E-state index contributed by atoms with van der Waals surface area (Å²) in [5.41, 5.74) is 1.65. The average molecular weight is 317 g/mol. The number of benzene rings is 1. The Morgan fingerprint density at radius 3 is 2.95 bits per heavy atom. The maximum Gasteiger partial charge on any atom is 0.277 e. The predicted octanol–water partition coefficient (Wildman–Crippen LogP) is 3.46. The van der Waals surface area contributed by atoms with Crippen molar-refractivity contribution < 1.29 is 9.32 Å². The van der Waals surface area contributed by atoms with Gasteiger partial charge < -0.3 is 9.84 Å². The van der Waals surface area contributed by atoms with Crippen molar-refractivity contribution in [3.05, 3.63) is 53.4 Å². The van der Waals surface area contributed by atoms with Crippen molar-refractivity contribution in [2.45, 2.75) is 13.5 Å². The molecule has 0 unspecified atom stereocenters. The standard InChI is InChI=1S/C15H13ClN4O2/c1-2-20-9-12(16)14(19-20)15(21)18-11-5-3-4-10(8-11)13-6-7-17-22-13/h3-9H,2H2,1H3,(H,18,21). The van der Waals surface area contributed by atoms with Crippen LogP contribution in [0.15, 0.2) is 47.2 Å². The zero-order chi connectivity index (χ0) is 15.5. The van der Waals surface area contributed by atoms with E-state index in [-0.39, 0.29) is 11.6 Å². The SMILES string of the molecule is CCn1cc(Cl)c(C(=O)Nc2cccc(-c3ccno3)c2)n1. The normalized spacial score (nSPS) is 10.6. The molecule has 7 heteroatoms. The molecule has 0 aliphatic rings. The Hall–Kier alpha value is -2.60. The molecule has 0 saturated heterocycles. The van der Waals surface area contributed by atoms with E-state index in [2.05, 4.69) is 15.6 Å². The van der Waals surface area contributed by atoms with Crippen LogP contribution in [0.25, 0.3) is 11.3 Å². The molecule has 1 aromatic carbocycles. The van der Waals surface area contributed by atoms with Crippen LogP contribution >= 0.6 is 11.6 Å². The third-order valence-electron chi connectivity index (χ3n) is 3.10. The van der Waals surface area contributed by atoms with Crippen LogP contribution < -0.4 is 5.32 Å². The Kier molecular flexibility index (Phi) is 3.93. The van der Waals surface area contributed by atoms with Gasteiger partial charge in [0.2, 0.25) is 0 Å². The molecule has 112 valence electrons. The second kappa shape index (κ2) is 6.03. The fraction of sp³-hybridized carbons (Fsp3) is 0.133. The number of aromatic nitrogens is 3. The average Bonchev–Trinajstić information content (AvgIpc) is 3.16. The lowest BCUT2D eigenvalue weighted by atomic mass is 10.1. The number of halogens is 1. The first kappa shape index (κ1) is 14.3. The third kappa shape index (κ3) is 2.87. The van der Waals surface area contributed by atoms with Crippen LogP contribution in [0.4, 0.5) is 5.69 Å². The third-order valence-corrected chi connectivity index (χ3v) is 3.38. The van der Waals surface area contributed by atoms with Crippen molar-refractivity contribution in [2.75, 3.05) is 5.32 Å². The van der Waals surface area contributed by atoms with Gasteiger partial charge >= 0.3 is 0 Å². The van der Waals surface area contributed by atoms with Crippen LogP contribution in [0.2, 0.25) is 5.02 Å². The van der Waals surface area contributed by atoms with E-state index in [1.165, 1.54) is 0 Å². The summed E-state index contributed by atoms with van der Waals surface area (Å²) in [6, 6.07) is 9.01. The maximum absolute atomic E-state index is 12.3. The molecule has 0 fully saturated rings. The Balaban J connectivity index is 1.82. The Labute approximate surface area is 131 Å². The molecule has 2 aromatic heterocycles. The summed E-state index contributed by atoms with van der Waals surface area (Å²) >= 11 is 6.03. The first-order chi connectivity index (χ1) is 10.7. The smallest absolute Gasteiger partial charge is 0.277 e. The summed E-state index contributed by atoms with van der Waals surface area (Å²) in [5, 5.41) is 10.9. The molecular weight excluding hydrogens is 304 g/mol. The summed E-state index contributed by atoms with van der Waals surface area (Å²) in [6.45, 7) is 2.57. The van der Waals surface area contributed by atoms with Gasteiger partial charge in [0, 0.05) is 30.1 Å². The quantitative estimate of drug-likeness (QED) is 0.800. The zero-order valence-electron chi connectivity index (χ0n) is 11.8. The van der Waals surface area contributed by atoms with Gasteiger partial charge in [0.25, 0.3) is 5.91 Å². The van der Waals surface area contributed by atoms with Crippen LogP contribution in [0.3, 0.4) is 0 Å². The number of carbonyl (C=O) groups is 1. The van der Waals surface area contributed by atoms with Crippen LogP contribution in [-0.2, 0) is 6.54 Å². The van der Waals surface area contributed by atoms with Crippen molar-refractivity contribution >= 4 is 23.2 Å². The van der Waals surface area contributed by atoms with E-state index >= 15 is 0 Å². The van der Waals surface area contributed by atoms with Crippen molar-refractivity contribution in [3.63, 3.8) is 0 Å². The van der Waals surface area contributed by atoms with E-state index in [1.54, 1.807) is 35.3 Å². The summed E-state index contributed by atoms with van der Waals surface area (Å²) in [5.74, 6) is 0.274. The Bertz CT molecular complexity index is 796. The van der Waals surface area contributed by atoms with Crippen molar-refractivity contribution in [1.82, 2.24) is 14.9 Å². The van der Waals surface area contributed by atoms with Gasteiger partial charge in [-0.3, -0.25) is 9.48 Å². The summed E-state index contributed by atoms with van der Waals surface area (Å²) in [6.07, 6.45) is 3.19. The number of hydrogen-bond donors (Lipinski definition) is 1. The van der Waals surface area contributed by atoms with Crippen LogP contribution in [0.1, 0.15) is 17.4 Å². The molecule has 0 atom stereocenters. The molecule has 22 heavy (non-hydrogen) atoms. The zero-order valence-corrected chi connectivity index (χ0v) is 12.5. The molecule has 0 aliphatic heterocycles. The molecule has 1 amide bonds. The maximum atomic E-state index is 12.3. The van der Waals surface area contributed by atoms with Gasteiger partial charge in [-0.1, -0.05) is 28.9 Å². The number of rotatable bonds is 4. The number of nitrogens with zero attached hydrogens (tertiary/aromatic N) is 3. The molecular formula is C15H13ClN4O2. The lowest BCUT2D eigenvalue weighted by molar-refractivity contribution is 0.102. The van der Waals surface area contributed by atoms with Gasteiger partial charge in [-0.25, -0.2) is 0 Å². The minimum atomic E-state index is -0.355. The largest absolute Gasteiger partial charge is 0.356 e. The van der Waals surface area contributed by atoms with Gasteiger partial charge in [-0.05, 0) is 19.1 Å². The minimum Gasteiger partial charge on any atom is -0.356 e. The molecule has 0 bridgehead atoms. The van der Waals surface area contributed by atoms with Gasteiger partial charge in [0.1, 0.15) is 0 Å². The van der Waals surface area contributed by atoms with E-state index in [9.17, 15) is 4.79 Å². The fourth-order valence-electron chi connectivity index (χ4n) is 2.02. The predicted molar refractivity (Wildman–Crippen MR) is 82.8 cm³/mol. The highest BCUT2D eigenvalue weighted by molar-refractivity contribution is 6.34. The van der Waals surface area contributed by atoms with Crippen molar-refractivity contribution in [2.24, 2.45) is 0 Å². The second-order valence-corrected chi connectivity index (χ2v) is 5.00. The first-order valence-electron chi connectivity index (χ1n) is 6.73. The highest BCUT2D eigenvalue weighted by Crippen LogP contribution is 2.23. The number of anilines is 1. The summed E-state index contributed by atoms with van der Waals surface area (Å²) in [4.78, 5) is 12.3. The van der Waals surface area contributed by atoms with E-state index in [1.807, 2.05) is 19.1 Å². The van der Waals surface area contributed by atoms with Crippen molar-refractivity contribution in [1.29, 1.82) is 0 Å². The summed E-state index contributed by atoms with van der Waals surface area (Å²) in [7, 11) is 0. The van der Waals surface area contributed by atoms with Crippen LogP contribution in [-0.4, -0.2) is 20.8 Å². The monoisotopic (exact) mass is 316 g/mol. The molecule has 1 N–H and O–H groups in total.